The summed E-state index contributed by atoms with van der Waals surface area (Å²) in [5.41, 5.74) is 11.8. The molecule has 0 spiro atoms. The zero-order valence-electron chi connectivity index (χ0n) is 11.0. The third kappa shape index (κ3) is 1.37. The minimum absolute atomic E-state index is 1.12. The second-order valence-corrected chi connectivity index (χ2v) is 5.27. The van der Waals surface area contributed by atoms with Crippen LogP contribution < -0.4 is 0 Å². The van der Waals surface area contributed by atoms with Crippen molar-refractivity contribution in [2.45, 2.75) is 34.1 Å². The van der Waals surface area contributed by atoms with Crippen LogP contribution in [0.2, 0.25) is 0 Å². The number of benzene rings is 2. The normalized spacial score (nSPS) is 12.5. The molecule has 2 aromatic carbocycles. The van der Waals surface area contributed by atoms with Crippen molar-refractivity contribution in [3.63, 3.8) is 0 Å². The van der Waals surface area contributed by atoms with E-state index < -0.39 is 0 Å². The molecule has 1 aliphatic rings. The van der Waals surface area contributed by atoms with E-state index in [4.69, 9.17) is 0 Å². The van der Waals surface area contributed by atoms with Crippen molar-refractivity contribution in [1.29, 1.82) is 0 Å². The van der Waals surface area contributed by atoms with E-state index in [1.165, 1.54) is 38.9 Å². The number of hydrogen-bond acceptors (Lipinski definition) is 0. The summed E-state index contributed by atoms with van der Waals surface area (Å²) in [5.74, 6) is 0. The first-order valence-electron chi connectivity index (χ1n) is 6.28. The maximum absolute atomic E-state index is 2.32. The van der Waals surface area contributed by atoms with Crippen LogP contribution in [-0.2, 0) is 6.42 Å². The molecule has 1 aliphatic carbocycles. The van der Waals surface area contributed by atoms with Crippen LogP contribution in [0.15, 0.2) is 24.3 Å². The van der Waals surface area contributed by atoms with Crippen molar-refractivity contribution in [2.24, 2.45) is 0 Å². The van der Waals surface area contributed by atoms with Gasteiger partial charge in [-0.1, -0.05) is 24.3 Å². The van der Waals surface area contributed by atoms with Crippen molar-refractivity contribution in [1.82, 2.24) is 0 Å². The minimum Gasteiger partial charge on any atom is -0.0614 e. The molecule has 2 aromatic rings. The summed E-state index contributed by atoms with van der Waals surface area (Å²) < 4.78 is 0. The first-order chi connectivity index (χ1) is 8.09. The summed E-state index contributed by atoms with van der Waals surface area (Å²) in [4.78, 5) is 0. The SMILES string of the molecule is Cc1cc(C)c2c(c1C)Cc1c(C)cccc1-2. The fourth-order valence-corrected chi connectivity index (χ4v) is 3.11. The Morgan fingerprint density at radius 1 is 0.824 bits per heavy atom. The highest BCUT2D eigenvalue weighted by molar-refractivity contribution is 5.82. The number of fused-ring (bicyclic) bond motifs is 3. The van der Waals surface area contributed by atoms with Crippen LogP contribution in [-0.4, -0.2) is 0 Å². The van der Waals surface area contributed by atoms with E-state index in [0.717, 1.165) is 6.42 Å². The van der Waals surface area contributed by atoms with Crippen molar-refractivity contribution < 1.29 is 0 Å². The lowest BCUT2D eigenvalue weighted by molar-refractivity contribution is 1.16. The van der Waals surface area contributed by atoms with E-state index >= 15 is 0 Å². The molecule has 0 radical (unpaired) electrons. The van der Waals surface area contributed by atoms with Crippen molar-refractivity contribution >= 4 is 0 Å². The van der Waals surface area contributed by atoms with Crippen LogP contribution in [0, 0.1) is 27.7 Å². The maximum Gasteiger partial charge on any atom is -0.000799 e. The molecule has 0 bridgehead atoms. The summed E-state index contributed by atoms with van der Waals surface area (Å²) in [6.45, 7) is 8.94. The fraction of sp³-hybridized carbons (Fsp3) is 0.294. The second-order valence-electron chi connectivity index (χ2n) is 5.27. The van der Waals surface area contributed by atoms with Crippen LogP contribution in [0.1, 0.15) is 33.4 Å². The summed E-state index contributed by atoms with van der Waals surface area (Å²) in [6, 6.07) is 9.00. The topological polar surface area (TPSA) is 0 Å². The van der Waals surface area contributed by atoms with Gasteiger partial charge in [-0.15, -0.1) is 0 Å². The van der Waals surface area contributed by atoms with Gasteiger partial charge < -0.3 is 0 Å². The average molecular weight is 222 g/mol. The average Bonchev–Trinajstić information content (AvgIpc) is 2.67. The zero-order valence-corrected chi connectivity index (χ0v) is 11.0. The van der Waals surface area contributed by atoms with E-state index in [1.807, 2.05) is 0 Å². The van der Waals surface area contributed by atoms with E-state index in [0.29, 0.717) is 0 Å². The molecule has 0 amide bonds. The molecule has 0 aliphatic heterocycles. The molecule has 0 aromatic heterocycles. The number of hydrogen-bond donors (Lipinski definition) is 0. The van der Waals surface area contributed by atoms with Gasteiger partial charge in [0.15, 0.2) is 0 Å². The van der Waals surface area contributed by atoms with Gasteiger partial charge in [0, 0.05) is 0 Å². The molecule has 0 fully saturated rings. The van der Waals surface area contributed by atoms with Gasteiger partial charge in [0.1, 0.15) is 0 Å². The molecule has 0 atom stereocenters. The van der Waals surface area contributed by atoms with Gasteiger partial charge in [0.25, 0.3) is 0 Å². The zero-order chi connectivity index (χ0) is 12.2. The summed E-state index contributed by atoms with van der Waals surface area (Å²) in [7, 11) is 0. The summed E-state index contributed by atoms with van der Waals surface area (Å²) in [6.07, 6.45) is 1.12. The highest BCUT2D eigenvalue weighted by atomic mass is 14.3. The van der Waals surface area contributed by atoms with Gasteiger partial charge in [-0.3, -0.25) is 0 Å². The van der Waals surface area contributed by atoms with Gasteiger partial charge in [0.2, 0.25) is 0 Å². The first kappa shape index (κ1) is 10.6. The fourth-order valence-electron chi connectivity index (χ4n) is 3.11. The number of rotatable bonds is 0. The van der Waals surface area contributed by atoms with Crippen molar-refractivity contribution in [3.8, 4) is 11.1 Å². The molecule has 0 saturated carbocycles. The minimum atomic E-state index is 1.12. The molecule has 0 saturated heterocycles. The molecule has 3 rings (SSSR count). The largest absolute Gasteiger partial charge is 0.0614 e. The molecule has 0 unspecified atom stereocenters. The van der Waals surface area contributed by atoms with E-state index in [9.17, 15) is 0 Å². The highest BCUT2D eigenvalue weighted by Gasteiger charge is 2.23. The first-order valence-corrected chi connectivity index (χ1v) is 6.28. The Labute approximate surface area is 103 Å². The predicted molar refractivity (Wildman–Crippen MR) is 73.6 cm³/mol. The lowest BCUT2D eigenvalue weighted by Gasteiger charge is -2.11. The maximum atomic E-state index is 2.32. The molecule has 0 nitrogen and oxygen atoms in total. The van der Waals surface area contributed by atoms with Crippen molar-refractivity contribution in [2.75, 3.05) is 0 Å². The Balaban J connectivity index is 2.38. The number of aryl methyl sites for hydroxylation is 3. The van der Waals surface area contributed by atoms with Crippen LogP contribution in [0.4, 0.5) is 0 Å². The Hall–Kier alpha value is -1.56. The molecular formula is C17H18. The molecule has 0 heteroatoms. The third-order valence-electron chi connectivity index (χ3n) is 4.21. The lowest BCUT2D eigenvalue weighted by atomic mass is 9.93. The molecule has 17 heavy (non-hydrogen) atoms. The molecule has 0 N–H and O–H groups in total. The Morgan fingerprint density at radius 3 is 2.35 bits per heavy atom. The Kier molecular flexibility index (Phi) is 2.16. The van der Waals surface area contributed by atoms with Gasteiger partial charge in [-0.2, -0.15) is 0 Å². The van der Waals surface area contributed by atoms with Gasteiger partial charge in [0.05, 0.1) is 0 Å². The van der Waals surface area contributed by atoms with Crippen LogP contribution >= 0.6 is 0 Å². The van der Waals surface area contributed by atoms with E-state index in [-0.39, 0.29) is 0 Å². The smallest absolute Gasteiger partial charge is 0.000799 e. The van der Waals surface area contributed by atoms with Gasteiger partial charge >= 0.3 is 0 Å². The summed E-state index contributed by atoms with van der Waals surface area (Å²) in [5, 5.41) is 0. The predicted octanol–water partition coefficient (Wildman–Crippen LogP) is 4.49. The quantitative estimate of drug-likeness (QED) is 0.525. The Bertz CT molecular complexity index is 618. The molecule has 0 heterocycles. The third-order valence-corrected chi connectivity index (χ3v) is 4.21. The van der Waals surface area contributed by atoms with E-state index in [1.54, 1.807) is 5.56 Å². The monoisotopic (exact) mass is 222 g/mol. The highest BCUT2D eigenvalue weighted by Crippen LogP contribution is 2.42. The Morgan fingerprint density at radius 2 is 1.59 bits per heavy atom. The van der Waals surface area contributed by atoms with E-state index in [2.05, 4.69) is 52.0 Å². The van der Waals surface area contributed by atoms with Gasteiger partial charge in [-0.05, 0) is 78.6 Å². The second kappa shape index (κ2) is 3.46. The summed E-state index contributed by atoms with van der Waals surface area (Å²) >= 11 is 0. The van der Waals surface area contributed by atoms with Crippen LogP contribution in [0.3, 0.4) is 0 Å². The molecule has 86 valence electrons. The molecular weight excluding hydrogens is 204 g/mol. The van der Waals surface area contributed by atoms with Gasteiger partial charge in [-0.25, -0.2) is 0 Å². The van der Waals surface area contributed by atoms with Crippen molar-refractivity contribution in [3.05, 3.63) is 57.6 Å². The standard InChI is InChI=1S/C17H18/c1-10-6-5-7-14-15(10)9-16-13(4)11(2)8-12(3)17(14)16/h5-8H,9H2,1-4H3. The van der Waals surface area contributed by atoms with Crippen LogP contribution in [0.25, 0.3) is 11.1 Å². The van der Waals surface area contributed by atoms with Crippen LogP contribution in [0.5, 0.6) is 0 Å². The lowest BCUT2D eigenvalue weighted by Crippen LogP contribution is -1.93.